The molecule has 1 N–H and O–H groups in total. The van der Waals surface area contributed by atoms with Gasteiger partial charge >= 0.3 is 0 Å². The minimum atomic E-state index is 0.716. The number of halogens is 1. The van der Waals surface area contributed by atoms with Crippen molar-refractivity contribution < 1.29 is 0 Å². The molecule has 1 fully saturated rings. The zero-order valence-electron chi connectivity index (χ0n) is 8.09. The second-order valence-corrected chi connectivity index (χ2v) is 5.29. The largest absolute Gasteiger partial charge is 0.381 e. The molecule has 1 heterocycles. The Labute approximate surface area is 93.0 Å². The van der Waals surface area contributed by atoms with Crippen LogP contribution >= 0.6 is 15.9 Å². The summed E-state index contributed by atoms with van der Waals surface area (Å²) < 4.78 is 1.18. The van der Waals surface area contributed by atoms with E-state index in [1.807, 2.05) is 0 Å². The van der Waals surface area contributed by atoms with Gasteiger partial charge in [0.15, 0.2) is 0 Å². The SMILES string of the molecule is Brc1ccc2c(c1)NC1CCCCC21. The highest BCUT2D eigenvalue weighted by molar-refractivity contribution is 9.10. The van der Waals surface area contributed by atoms with Gasteiger partial charge in [0.2, 0.25) is 0 Å². The number of hydrogen-bond acceptors (Lipinski definition) is 1. The van der Waals surface area contributed by atoms with Gasteiger partial charge in [-0.3, -0.25) is 0 Å². The Bertz CT molecular complexity index is 361. The summed E-state index contributed by atoms with van der Waals surface area (Å²) in [5.74, 6) is 0.784. The molecule has 2 atom stereocenters. The maximum atomic E-state index is 3.65. The van der Waals surface area contributed by atoms with Crippen molar-refractivity contribution in [3.8, 4) is 0 Å². The Morgan fingerprint density at radius 2 is 2.07 bits per heavy atom. The smallest absolute Gasteiger partial charge is 0.0390 e. The minimum absolute atomic E-state index is 0.716. The van der Waals surface area contributed by atoms with Crippen molar-refractivity contribution in [2.45, 2.75) is 37.6 Å². The van der Waals surface area contributed by atoms with E-state index in [0.29, 0.717) is 6.04 Å². The molecule has 3 rings (SSSR count). The van der Waals surface area contributed by atoms with Gasteiger partial charge < -0.3 is 5.32 Å². The molecule has 0 aromatic heterocycles. The van der Waals surface area contributed by atoms with Crippen molar-refractivity contribution in [2.24, 2.45) is 0 Å². The fraction of sp³-hybridized carbons (Fsp3) is 0.500. The lowest BCUT2D eigenvalue weighted by Gasteiger charge is -2.25. The van der Waals surface area contributed by atoms with Crippen LogP contribution in [0.3, 0.4) is 0 Å². The number of rotatable bonds is 0. The van der Waals surface area contributed by atoms with E-state index in [1.165, 1.54) is 41.4 Å². The maximum Gasteiger partial charge on any atom is 0.0390 e. The molecule has 1 aliphatic heterocycles. The van der Waals surface area contributed by atoms with Crippen LogP contribution in [0, 0.1) is 0 Å². The van der Waals surface area contributed by atoms with Gasteiger partial charge in [0.05, 0.1) is 0 Å². The molecule has 0 radical (unpaired) electrons. The second kappa shape index (κ2) is 3.27. The lowest BCUT2D eigenvalue weighted by atomic mass is 9.83. The first-order chi connectivity index (χ1) is 6.84. The van der Waals surface area contributed by atoms with Gasteiger partial charge in [-0.1, -0.05) is 34.8 Å². The molecule has 2 unspecified atom stereocenters. The van der Waals surface area contributed by atoms with Gasteiger partial charge in [0.25, 0.3) is 0 Å². The molecule has 74 valence electrons. The molecule has 2 heteroatoms. The van der Waals surface area contributed by atoms with Gasteiger partial charge in [-0.25, -0.2) is 0 Å². The van der Waals surface area contributed by atoms with Gasteiger partial charge in [-0.15, -0.1) is 0 Å². The number of nitrogens with one attached hydrogen (secondary N) is 1. The molecule has 0 saturated heterocycles. The Morgan fingerprint density at radius 1 is 1.21 bits per heavy atom. The monoisotopic (exact) mass is 251 g/mol. The average molecular weight is 252 g/mol. The molecule has 1 saturated carbocycles. The molecular formula is C12H14BrN. The maximum absolute atomic E-state index is 3.65. The number of anilines is 1. The summed E-state index contributed by atoms with van der Waals surface area (Å²) in [5.41, 5.74) is 2.90. The average Bonchev–Trinajstić information content (AvgIpc) is 2.54. The third-order valence-electron chi connectivity index (χ3n) is 3.52. The first-order valence-corrected chi connectivity index (χ1v) is 6.20. The molecule has 1 aliphatic carbocycles. The van der Waals surface area contributed by atoms with Gasteiger partial charge in [0.1, 0.15) is 0 Å². The highest BCUT2D eigenvalue weighted by atomic mass is 79.9. The summed E-state index contributed by atoms with van der Waals surface area (Å²) >= 11 is 3.52. The van der Waals surface area contributed by atoms with Crippen molar-refractivity contribution in [1.82, 2.24) is 0 Å². The predicted molar refractivity (Wildman–Crippen MR) is 62.8 cm³/mol. The van der Waals surface area contributed by atoms with Gasteiger partial charge in [-0.05, 0) is 30.5 Å². The Balaban J connectivity index is 2.01. The van der Waals surface area contributed by atoms with Crippen LogP contribution in [-0.2, 0) is 0 Å². The van der Waals surface area contributed by atoms with Crippen molar-refractivity contribution >= 4 is 21.6 Å². The number of benzene rings is 1. The molecular weight excluding hydrogens is 238 g/mol. The minimum Gasteiger partial charge on any atom is -0.381 e. The third-order valence-corrected chi connectivity index (χ3v) is 4.01. The van der Waals surface area contributed by atoms with E-state index in [-0.39, 0.29) is 0 Å². The van der Waals surface area contributed by atoms with E-state index >= 15 is 0 Å². The molecule has 0 bridgehead atoms. The quantitative estimate of drug-likeness (QED) is 0.738. The third kappa shape index (κ3) is 1.28. The Kier molecular flexibility index (Phi) is 2.05. The second-order valence-electron chi connectivity index (χ2n) is 4.37. The number of hydrogen-bond donors (Lipinski definition) is 1. The van der Waals surface area contributed by atoms with Crippen LogP contribution in [0.25, 0.3) is 0 Å². The lowest BCUT2D eigenvalue weighted by molar-refractivity contribution is 0.422. The fourth-order valence-corrected chi connectivity index (χ4v) is 3.21. The summed E-state index contributed by atoms with van der Waals surface area (Å²) in [6.45, 7) is 0. The number of fused-ring (bicyclic) bond motifs is 3. The molecule has 1 aromatic rings. The molecule has 14 heavy (non-hydrogen) atoms. The van der Waals surface area contributed by atoms with Gasteiger partial charge in [-0.2, -0.15) is 0 Å². The highest BCUT2D eigenvalue weighted by Crippen LogP contribution is 2.44. The van der Waals surface area contributed by atoms with Crippen molar-refractivity contribution in [3.63, 3.8) is 0 Å². The van der Waals surface area contributed by atoms with Crippen molar-refractivity contribution in [3.05, 3.63) is 28.2 Å². The van der Waals surface area contributed by atoms with Gasteiger partial charge in [0, 0.05) is 22.1 Å². The van der Waals surface area contributed by atoms with Crippen LogP contribution in [0.5, 0.6) is 0 Å². The first-order valence-electron chi connectivity index (χ1n) is 5.40. The Hall–Kier alpha value is -0.500. The van der Waals surface area contributed by atoms with E-state index in [2.05, 4.69) is 39.4 Å². The fourth-order valence-electron chi connectivity index (χ4n) is 2.85. The van der Waals surface area contributed by atoms with Crippen molar-refractivity contribution in [2.75, 3.05) is 5.32 Å². The first kappa shape index (κ1) is 8.78. The van der Waals surface area contributed by atoms with E-state index in [4.69, 9.17) is 0 Å². The van der Waals surface area contributed by atoms with E-state index in [1.54, 1.807) is 0 Å². The molecule has 0 amide bonds. The zero-order chi connectivity index (χ0) is 9.54. The summed E-state index contributed by atoms with van der Waals surface area (Å²) in [7, 11) is 0. The van der Waals surface area contributed by atoms with E-state index in [9.17, 15) is 0 Å². The van der Waals surface area contributed by atoms with Crippen LogP contribution in [0.15, 0.2) is 22.7 Å². The molecule has 1 nitrogen and oxygen atoms in total. The van der Waals surface area contributed by atoms with Crippen LogP contribution in [0.2, 0.25) is 0 Å². The normalized spacial score (nSPS) is 29.2. The summed E-state index contributed by atoms with van der Waals surface area (Å²) in [5, 5.41) is 3.65. The molecule has 2 aliphatic rings. The summed E-state index contributed by atoms with van der Waals surface area (Å²) in [6.07, 6.45) is 5.50. The lowest BCUT2D eigenvalue weighted by Crippen LogP contribution is -2.23. The van der Waals surface area contributed by atoms with Crippen LogP contribution in [0.1, 0.15) is 37.2 Å². The molecule has 0 spiro atoms. The van der Waals surface area contributed by atoms with Crippen LogP contribution < -0.4 is 5.32 Å². The highest BCUT2D eigenvalue weighted by Gasteiger charge is 2.33. The topological polar surface area (TPSA) is 12.0 Å². The van der Waals surface area contributed by atoms with Crippen molar-refractivity contribution in [1.29, 1.82) is 0 Å². The van der Waals surface area contributed by atoms with E-state index < -0.39 is 0 Å². The van der Waals surface area contributed by atoms with Crippen LogP contribution in [0.4, 0.5) is 5.69 Å². The van der Waals surface area contributed by atoms with E-state index in [0.717, 1.165) is 5.92 Å². The van der Waals surface area contributed by atoms with Crippen LogP contribution in [-0.4, -0.2) is 6.04 Å². The standard InChI is InChI=1S/C12H14BrN/c13-8-5-6-10-9-3-1-2-4-11(9)14-12(10)7-8/h5-7,9,11,14H,1-4H2. The summed E-state index contributed by atoms with van der Waals surface area (Å²) in [4.78, 5) is 0. The summed E-state index contributed by atoms with van der Waals surface area (Å²) in [6, 6.07) is 7.38. The Morgan fingerprint density at radius 3 is 3.00 bits per heavy atom. The zero-order valence-corrected chi connectivity index (χ0v) is 9.68. The predicted octanol–water partition coefficient (Wildman–Crippen LogP) is 3.90. The molecule has 1 aromatic carbocycles.